The lowest BCUT2D eigenvalue weighted by molar-refractivity contribution is 0.790. The first-order chi connectivity index (χ1) is 6.42. The highest BCUT2D eigenvalue weighted by molar-refractivity contribution is 5.39. The number of hydrogen-bond donors (Lipinski definition) is 2. The summed E-state index contributed by atoms with van der Waals surface area (Å²) in [5.74, 6) is 0. The maximum Gasteiger partial charge on any atom is 0.0413 e. The Balaban J connectivity index is 2.33. The topological polar surface area (TPSA) is 27.8 Å². The molecule has 2 rings (SSSR count). The van der Waals surface area contributed by atoms with E-state index in [0.717, 1.165) is 13.0 Å². The molecule has 2 nitrogen and oxygen atoms in total. The lowest BCUT2D eigenvalue weighted by Gasteiger charge is -1.98. The molecule has 1 aliphatic carbocycles. The minimum atomic E-state index is 1.05. The minimum absolute atomic E-state index is 1.05. The number of nitrogens with one attached hydrogen (secondary N) is 2. The van der Waals surface area contributed by atoms with E-state index in [9.17, 15) is 0 Å². The number of rotatable bonds is 3. The maximum absolute atomic E-state index is 3.32. The molecule has 0 unspecified atom stereocenters. The van der Waals surface area contributed by atoms with Crippen molar-refractivity contribution in [1.82, 2.24) is 10.3 Å². The van der Waals surface area contributed by atoms with Crippen molar-refractivity contribution in [2.24, 2.45) is 0 Å². The Bertz CT molecular complexity index is 387. The van der Waals surface area contributed by atoms with Crippen LogP contribution in [0.3, 0.4) is 0 Å². The highest BCUT2D eigenvalue weighted by Crippen LogP contribution is 1.97. The van der Waals surface area contributed by atoms with Crippen molar-refractivity contribution in [3.63, 3.8) is 0 Å². The van der Waals surface area contributed by atoms with Gasteiger partial charge in [0.2, 0.25) is 0 Å². The molecule has 2 heteroatoms. The molecule has 1 aliphatic rings. The summed E-state index contributed by atoms with van der Waals surface area (Å²) in [6.07, 6.45) is 10.3. The molecule has 1 heterocycles. The second-order valence-electron chi connectivity index (χ2n) is 3.48. The molecular weight excluding hydrogens is 160 g/mol. The van der Waals surface area contributed by atoms with E-state index in [-0.39, 0.29) is 0 Å². The van der Waals surface area contributed by atoms with Gasteiger partial charge in [-0.15, -0.1) is 0 Å². The molecule has 13 heavy (non-hydrogen) atoms. The molecule has 1 aromatic heterocycles. The molecule has 0 radical (unpaired) electrons. The summed E-state index contributed by atoms with van der Waals surface area (Å²) in [4.78, 5) is 3.32. The monoisotopic (exact) mass is 176 g/mol. The van der Waals surface area contributed by atoms with Crippen LogP contribution in [-0.4, -0.2) is 18.6 Å². The highest BCUT2D eigenvalue weighted by Gasteiger charge is 2.00. The predicted octanol–water partition coefficient (Wildman–Crippen LogP) is 0.131. The van der Waals surface area contributed by atoms with E-state index in [2.05, 4.69) is 28.6 Å². The van der Waals surface area contributed by atoms with Crippen molar-refractivity contribution < 1.29 is 0 Å². The summed E-state index contributed by atoms with van der Waals surface area (Å²) >= 11 is 0. The molecule has 1 aromatic rings. The fraction of sp³-hybridized carbons (Fsp3) is 0.455. The molecule has 0 saturated carbocycles. The molecule has 2 N–H and O–H groups in total. The average molecular weight is 176 g/mol. The molecule has 0 saturated heterocycles. The highest BCUT2D eigenvalue weighted by atomic mass is 14.8. The van der Waals surface area contributed by atoms with Gasteiger partial charge in [-0.05, 0) is 43.6 Å². The summed E-state index contributed by atoms with van der Waals surface area (Å²) < 4.78 is 0. The van der Waals surface area contributed by atoms with Gasteiger partial charge in [-0.25, -0.2) is 0 Å². The third kappa shape index (κ3) is 1.68. The van der Waals surface area contributed by atoms with Crippen molar-refractivity contribution in [2.45, 2.75) is 19.3 Å². The van der Waals surface area contributed by atoms with E-state index < -0.39 is 0 Å². The second kappa shape index (κ2) is 3.79. The number of likely N-dealkylation sites (N-methyl/N-ethyl adjacent to an activating group) is 1. The van der Waals surface area contributed by atoms with Crippen LogP contribution in [0.2, 0.25) is 0 Å². The van der Waals surface area contributed by atoms with Gasteiger partial charge >= 0.3 is 0 Å². The molecule has 0 bridgehead atoms. The van der Waals surface area contributed by atoms with Crippen LogP contribution in [0.1, 0.15) is 18.4 Å². The maximum atomic E-state index is 3.32. The summed E-state index contributed by atoms with van der Waals surface area (Å²) in [5.41, 5.74) is 1.44. The molecule has 70 valence electrons. The second-order valence-corrected chi connectivity index (χ2v) is 3.48. The van der Waals surface area contributed by atoms with E-state index in [1.807, 2.05) is 7.05 Å². The summed E-state index contributed by atoms with van der Waals surface area (Å²) in [5, 5.41) is 5.92. The van der Waals surface area contributed by atoms with Gasteiger partial charge in [-0.1, -0.05) is 12.2 Å². The van der Waals surface area contributed by atoms with Crippen molar-refractivity contribution in [3.8, 4) is 0 Å². The van der Waals surface area contributed by atoms with Gasteiger partial charge in [-0.2, -0.15) is 0 Å². The van der Waals surface area contributed by atoms with Crippen LogP contribution in [-0.2, 0) is 6.42 Å². The number of H-pyrrole nitrogens is 1. The third-order valence-electron chi connectivity index (χ3n) is 2.55. The van der Waals surface area contributed by atoms with Crippen molar-refractivity contribution in [1.29, 1.82) is 0 Å². The van der Waals surface area contributed by atoms with E-state index in [1.54, 1.807) is 0 Å². The Morgan fingerprint density at radius 2 is 2.23 bits per heavy atom. The average Bonchev–Trinajstić information content (AvgIpc) is 2.58. The Kier molecular flexibility index (Phi) is 2.50. The van der Waals surface area contributed by atoms with Crippen LogP contribution in [0.4, 0.5) is 0 Å². The number of hydrogen-bond acceptors (Lipinski definition) is 1. The molecule has 0 aliphatic heterocycles. The molecule has 0 aromatic carbocycles. The quantitative estimate of drug-likeness (QED) is 0.673. The van der Waals surface area contributed by atoms with Gasteiger partial charge in [0, 0.05) is 11.5 Å². The zero-order valence-electron chi connectivity index (χ0n) is 8.06. The van der Waals surface area contributed by atoms with Gasteiger partial charge in [0.05, 0.1) is 0 Å². The van der Waals surface area contributed by atoms with Crippen LogP contribution in [0, 0.1) is 0 Å². The van der Waals surface area contributed by atoms with Crippen molar-refractivity contribution >= 4 is 12.2 Å². The number of aromatic nitrogens is 1. The first kappa shape index (κ1) is 8.57. The predicted molar refractivity (Wildman–Crippen MR) is 55.8 cm³/mol. The Hall–Kier alpha value is -1.02. The summed E-state index contributed by atoms with van der Waals surface area (Å²) in [6.45, 7) is 1.05. The van der Waals surface area contributed by atoms with Crippen LogP contribution >= 0.6 is 0 Å². The van der Waals surface area contributed by atoms with E-state index >= 15 is 0 Å². The standard InChI is InChI=1S/C11H16N2/c1-12-7-6-9-8-13-11-5-3-2-4-10(9)11/h4-5,8,12-13H,2-3,6-7H2,1H3. The lowest BCUT2D eigenvalue weighted by atomic mass is 10.1. The van der Waals surface area contributed by atoms with Gasteiger partial charge < -0.3 is 10.3 Å². The van der Waals surface area contributed by atoms with E-state index in [0.29, 0.717) is 0 Å². The van der Waals surface area contributed by atoms with Crippen LogP contribution < -0.4 is 15.9 Å². The van der Waals surface area contributed by atoms with Gasteiger partial charge in [0.1, 0.15) is 0 Å². The van der Waals surface area contributed by atoms with Crippen LogP contribution in [0.15, 0.2) is 6.20 Å². The Labute approximate surface area is 78.4 Å². The van der Waals surface area contributed by atoms with Crippen LogP contribution in [0.5, 0.6) is 0 Å². The zero-order chi connectivity index (χ0) is 9.10. The largest absolute Gasteiger partial charge is 0.361 e. The normalized spacial score (nSPS) is 14.5. The van der Waals surface area contributed by atoms with Crippen molar-refractivity contribution in [2.75, 3.05) is 13.6 Å². The summed E-state index contributed by atoms with van der Waals surface area (Å²) in [7, 11) is 1.99. The van der Waals surface area contributed by atoms with Crippen LogP contribution in [0.25, 0.3) is 12.2 Å². The first-order valence-corrected chi connectivity index (χ1v) is 4.93. The van der Waals surface area contributed by atoms with Gasteiger partial charge in [0.25, 0.3) is 0 Å². The van der Waals surface area contributed by atoms with E-state index in [4.69, 9.17) is 0 Å². The number of aromatic amines is 1. The first-order valence-electron chi connectivity index (χ1n) is 4.93. The molecular formula is C11H16N2. The molecule has 0 fully saturated rings. The Morgan fingerprint density at radius 1 is 1.38 bits per heavy atom. The molecule has 0 atom stereocenters. The zero-order valence-corrected chi connectivity index (χ0v) is 8.06. The fourth-order valence-electron chi connectivity index (χ4n) is 1.83. The SMILES string of the molecule is CNCCc1c[nH]c2c1=CCCC=2. The molecule has 0 amide bonds. The molecule has 0 spiro atoms. The van der Waals surface area contributed by atoms with Gasteiger partial charge in [-0.3, -0.25) is 0 Å². The Morgan fingerprint density at radius 3 is 3.08 bits per heavy atom. The minimum Gasteiger partial charge on any atom is -0.361 e. The van der Waals surface area contributed by atoms with E-state index in [1.165, 1.54) is 29.0 Å². The fourth-order valence-corrected chi connectivity index (χ4v) is 1.83. The lowest BCUT2D eigenvalue weighted by Crippen LogP contribution is -2.28. The smallest absolute Gasteiger partial charge is 0.0413 e. The van der Waals surface area contributed by atoms with Crippen molar-refractivity contribution in [3.05, 3.63) is 22.3 Å². The number of fused-ring (bicyclic) bond motifs is 1. The summed E-state index contributed by atoms with van der Waals surface area (Å²) in [6, 6.07) is 0. The third-order valence-corrected chi connectivity index (χ3v) is 2.55. The van der Waals surface area contributed by atoms with Gasteiger partial charge in [0.15, 0.2) is 0 Å².